The monoisotopic (exact) mass is 416 g/mol. The maximum absolute atomic E-state index is 12.6. The van der Waals surface area contributed by atoms with Gasteiger partial charge in [0.05, 0.1) is 19.3 Å². The zero-order chi connectivity index (χ0) is 20.8. The van der Waals surface area contributed by atoms with Crippen LogP contribution in [0.3, 0.4) is 0 Å². The Labute approximate surface area is 175 Å². The molecule has 0 unspecified atom stereocenters. The fraction of sp³-hybridized carbons (Fsp3) is 0.333. The molecule has 2 aromatic carbocycles. The minimum atomic E-state index is -0.210. The maximum atomic E-state index is 12.6. The van der Waals surface area contributed by atoms with Gasteiger partial charge in [-0.2, -0.15) is 0 Å². The highest BCUT2D eigenvalue weighted by molar-refractivity contribution is 6.31. The maximum Gasteiger partial charge on any atom is 0.322 e. The van der Waals surface area contributed by atoms with E-state index in [1.165, 1.54) is 0 Å². The molecule has 29 heavy (non-hydrogen) atoms. The number of piperazine rings is 1. The van der Waals surface area contributed by atoms with Gasteiger partial charge in [0.15, 0.2) is 0 Å². The van der Waals surface area contributed by atoms with Crippen LogP contribution in [0.1, 0.15) is 0 Å². The van der Waals surface area contributed by atoms with Crippen molar-refractivity contribution in [2.45, 2.75) is 0 Å². The van der Waals surface area contributed by atoms with Crippen LogP contribution in [0.2, 0.25) is 5.02 Å². The molecule has 3 rings (SSSR count). The molecule has 0 aromatic heterocycles. The fourth-order valence-corrected chi connectivity index (χ4v) is 3.35. The zero-order valence-corrected chi connectivity index (χ0v) is 17.4. The molecule has 1 fully saturated rings. The van der Waals surface area contributed by atoms with Crippen molar-refractivity contribution in [1.82, 2.24) is 9.80 Å². The van der Waals surface area contributed by atoms with E-state index in [0.717, 1.165) is 5.69 Å². The van der Waals surface area contributed by atoms with E-state index < -0.39 is 0 Å². The van der Waals surface area contributed by atoms with Gasteiger partial charge in [-0.05, 0) is 30.3 Å². The van der Waals surface area contributed by atoms with Crippen molar-refractivity contribution < 1.29 is 14.3 Å². The summed E-state index contributed by atoms with van der Waals surface area (Å²) < 4.78 is 5.27. The largest absolute Gasteiger partial charge is 0.495 e. The van der Waals surface area contributed by atoms with Gasteiger partial charge >= 0.3 is 6.03 Å². The van der Waals surface area contributed by atoms with E-state index in [4.69, 9.17) is 16.3 Å². The van der Waals surface area contributed by atoms with Crippen molar-refractivity contribution in [3.05, 3.63) is 53.6 Å². The summed E-state index contributed by atoms with van der Waals surface area (Å²) in [5.74, 6) is 0.577. The molecule has 0 spiro atoms. The summed E-state index contributed by atoms with van der Waals surface area (Å²) in [5, 5.41) is 3.37. The van der Waals surface area contributed by atoms with E-state index in [1.54, 1.807) is 42.2 Å². The Bertz CT molecular complexity index is 854. The summed E-state index contributed by atoms with van der Waals surface area (Å²) in [5.41, 5.74) is 1.40. The van der Waals surface area contributed by atoms with Gasteiger partial charge in [0.1, 0.15) is 5.75 Å². The Hall–Kier alpha value is -2.77. The molecule has 1 N–H and O–H groups in total. The van der Waals surface area contributed by atoms with Crippen molar-refractivity contribution in [2.24, 2.45) is 0 Å². The number of anilines is 2. The number of nitrogens with one attached hydrogen (secondary N) is 1. The Kier molecular flexibility index (Phi) is 6.95. The van der Waals surface area contributed by atoms with Gasteiger partial charge in [-0.25, -0.2) is 4.79 Å². The van der Waals surface area contributed by atoms with Crippen LogP contribution in [0, 0.1) is 0 Å². The van der Waals surface area contributed by atoms with Crippen LogP contribution >= 0.6 is 11.6 Å². The number of para-hydroxylation sites is 1. The highest BCUT2D eigenvalue weighted by Gasteiger charge is 2.24. The Balaban J connectivity index is 1.51. The zero-order valence-electron chi connectivity index (χ0n) is 16.6. The van der Waals surface area contributed by atoms with Crippen molar-refractivity contribution in [1.29, 1.82) is 0 Å². The van der Waals surface area contributed by atoms with Crippen LogP contribution in [0.4, 0.5) is 16.2 Å². The number of nitrogens with zero attached hydrogens (tertiary/aromatic N) is 3. The fourth-order valence-electron chi connectivity index (χ4n) is 3.17. The minimum Gasteiger partial charge on any atom is -0.495 e. The minimum absolute atomic E-state index is 0.0257. The van der Waals surface area contributed by atoms with E-state index in [-0.39, 0.29) is 11.9 Å². The average Bonchev–Trinajstić information content (AvgIpc) is 2.74. The van der Waals surface area contributed by atoms with Gasteiger partial charge in [-0.3, -0.25) is 9.69 Å². The smallest absolute Gasteiger partial charge is 0.322 e. The molecular formula is C21H25ClN4O3. The van der Waals surface area contributed by atoms with Crippen molar-refractivity contribution in [3.63, 3.8) is 0 Å². The number of ether oxygens (including phenoxy) is 1. The lowest BCUT2D eigenvalue weighted by atomic mass is 10.2. The SMILES string of the molecule is COc1ccc(Cl)cc1NC(=O)N1CCN(CC(=O)N(C)c2ccccc2)CC1. The van der Waals surface area contributed by atoms with Crippen molar-refractivity contribution >= 4 is 34.9 Å². The van der Waals surface area contributed by atoms with Gasteiger partial charge in [0, 0.05) is 43.9 Å². The molecule has 0 bridgehead atoms. The third-order valence-electron chi connectivity index (χ3n) is 4.94. The molecule has 7 nitrogen and oxygen atoms in total. The van der Waals surface area contributed by atoms with Gasteiger partial charge in [-0.1, -0.05) is 29.8 Å². The van der Waals surface area contributed by atoms with Crippen LogP contribution in [0.25, 0.3) is 0 Å². The van der Waals surface area contributed by atoms with E-state index in [9.17, 15) is 9.59 Å². The summed E-state index contributed by atoms with van der Waals surface area (Å²) >= 11 is 6.02. The van der Waals surface area contributed by atoms with Gasteiger partial charge in [0.25, 0.3) is 0 Å². The molecule has 0 atom stereocenters. The number of benzene rings is 2. The molecule has 8 heteroatoms. The molecule has 1 aliphatic heterocycles. The van der Waals surface area contributed by atoms with Crippen molar-refractivity contribution in [3.8, 4) is 5.75 Å². The second-order valence-electron chi connectivity index (χ2n) is 6.83. The summed E-state index contributed by atoms with van der Waals surface area (Å²) in [6.07, 6.45) is 0. The summed E-state index contributed by atoms with van der Waals surface area (Å²) in [6, 6.07) is 14.4. The first kappa shape index (κ1) is 21.0. The molecule has 2 aromatic rings. The van der Waals surface area contributed by atoms with Crippen molar-refractivity contribution in [2.75, 3.05) is 57.1 Å². The first-order valence-corrected chi connectivity index (χ1v) is 9.79. The molecule has 1 aliphatic rings. The topological polar surface area (TPSA) is 65.1 Å². The predicted molar refractivity (Wildman–Crippen MR) is 115 cm³/mol. The summed E-state index contributed by atoms with van der Waals surface area (Å²) in [4.78, 5) is 30.6. The second-order valence-corrected chi connectivity index (χ2v) is 7.26. The normalized spacial score (nSPS) is 14.4. The van der Waals surface area contributed by atoms with Gasteiger partial charge < -0.3 is 19.9 Å². The molecule has 3 amide bonds. The predicted octanol–water partition coefficient (Wildman–Crippen LogP) is 3.16. The Morgan fingerprint density at radius 2 is 1.79 bits per heavy atom. The Morgan fingerprint density at radius 3 is 2.45 bits per heavy atom. The standard InChI is InChI=1S/C21H25ClN4O3/c1-24(17-6-4-3-5-7-17)20(27)15-25-10-12-26(13-11-25)21(28)23-18-14-16(22)8-9-19(18)29-2/h3-9,14H,10-13,15H2,1-2H3,(H,23,28). The van der Waals surface area contributed by atoms with Crippen LogP contribution in [-0.4, -0.2) is 68.6 Å². The number of carbonyl (C=O) groups is 2. The molecule has 0 saturated carbocycles. The van der Waals surface area contributed by atoms with E-state index in [2.05, 4.69) is 10.2 Å². The lowest BCUT2D eigenvalue weighted by Gasteiger charge is -2.35. The van der Waals surface area contributed by atoms with E-state index in [1.807, 2.05) is 30.3 Å². The molecule has 0 aliphatic carbocycles. The lowest BCUT2D eigenvalue weighted by molar-refractivity contribution is -0.119. The van der Waals surface area contributed by atoms with Gasteiger partial charge in [-0.15, -0.1) is 0 Å². The summed E-state index contributed by atoms with van der Waals surface area (Å²) in [6.45, 7) is 2.67. The first-order valence-electron chi connectivity index (χ1n) is 9.41. The van der Waals surface area contributed by atoms with Crippen LogP contribution < -0.4 is 15.0 Å². The molecule has 0 radical (unpaired) electrons. The number of likely N-dealkylation sites (N-methyl/N-ethyl adjacent to an activating group) is 1. The van der Waals surface area contributed by atoms with E-state index in [0.29, 0.717) is 49.2 Å². The molecular weight excluding hydrogens is 392 g/mol. The van der Waals surface area contributed by atoms with E-state index >= 15 is 0 Å². The number of amides is 3. The number of methoxy groups -OCH3 is 1. The number of urea groups is 1. The first-order chi connectivity index (χ1) is 14.0. The second kappa shape index (κ2) is 9.62. The third kappa shape index (κ3) is 5.40. The number of hydrogen-bond acceptors (Lipinski definition) is 4. The quantitative estimate of drug-likeness (QED) is 0.813. The van der Waals surface area contributed by atoms with Gasteiger partial charge in [0.2, 0.25) is 5.91 Å². The number of hydrogen-bond donors (Lipinski definition) is 1. The molecule has 1 saturated heterocycles. The lowest BCUT2D eigenvalue weighted by Crippen LogP contribution is -2.52. The third-order valence-corrected chi connectivity index (χ3v) is 5.17. The van der Waals surface area contributed by atoms with Crippen LogP contribution in [0.5, 0.6) is 5.75 Å². The summed E-state index contributed by atoms with van der Waals surface area (Å²) in [7, 11) is 3.32. The highest BCUT2D eigenvalue weighted by atomic mass is 35.5. The highest BCUT2D eigenvalue weighted by Crippen LogP contribution is 2.28. The number of rotatable bonds is 5. The number of carbonyl (C=O) groups excluding carboxylic acids is 2. The van der Waals surface area contributed by atoms with Crippen LogP contribution in [-0.2, 0) is 4.79 Å². The van der Waals surface area contributed by atoms with Crippen LogP contribution in [0.15, 0.2) is 48.5 Å². The average molecular weight is 417 g/mol. The Morgan fingerprint density at radius 1 is 1.10 bits per heavy atom. The number of halogens is 1. The molecule has 154 valence electrons. The molecule has 1 heterocycles.